The van der Waals surface area contributed by atoms with E-state index in [0.29, 0.717) is 11.1 Å². The Hall–Kier alpha value is -3.23. The molecule has 9 heteroatoms. The lowest BCUT2D eigenvalue weighted by Gasteiger charge is -2.21. The summed E-state index contributed by atoms with van der Waals surface area (Å²) < 4.78 is 42.5. The molecular weight excluding hydrogens is 398 g/mol. The van der Waals surface area contributed by atoms with Gasteiger partial charge in [-0.25, -0.2) is 18.6 Å². The quantitative estimate of drug-likeness (QED) is 0.668. The van der Waals surface area contributed by atoms with Crippen LogP contribution in [-0.2, 0) is 14.3 Å². The van der Waals surface area contributed by atoms with E-state index in [-0.39, 0.29) is 23.5 Å². The van der Waals surface area contributed by atoms with E-state index in [4.69, 9.17) is 9.47 Å². The van der Waals surface area contributed by atoms with Crippen molar-refractivity contribution in [3.05, 3.63) is 41.7 Å². The van der Waals surface area contributed by atoms with Crippen molar-refractivity contribution in [2.75, 3.05) is 26.1 Å². The number of aromatic nitrogens is 1. The van der Waals surface area contributed by atoms with Gasteiger partial charge in [0.25, 0.3) is 6.43 Å². The maximum atomic E-state index is 13.6. The molecule has 0 aliphatic carbocycles. The first-order chi connectivity index (χ1) is 14.1. The summed E-state index contributed by atoms with van der Waals surface area (Å²) in [6.07, 6.45) is -1.71. The minimum atomic E-state index is -2.90. The lowest BCUT2D eigenvalue weighted by atomic mass is 10.0. The van der Waals surface area contributed by atoms with Crippen molar-refractivity contribution in [3.8, 4) is 16.9 Å². The molecule has 1 aromatic carbocycles. The summed E-state index contributed by atoms with van der Waals surface area (Å²) in [5.74, 6) is -0.922. The fraction of sp³-hybridized carbons (Fsp3) is 0.381. The summed E-state index contributed by atoms with van der Waals surface area (Å²) in [5.41, 5.74) is -0.249. The summed E-state index contributed by atoms with van der Waals surface area (Å²) in [6, 6.07) is 6.14. The number of anilines is 1. The zero-order chi connectivity index (χ0) is 22.5. The Morgan fingerprint density at radius 3 is 2.27 bits per heavy atom. The fourth-order valence-electron chi connectivity index (χ4n) is 2.72. The van der Waals surface area contributed by atoms with E-state index in [2.05, 4.69) is 15.0 Å². The second-order valence-electron chi connectivity index (χ2n) is 7.27. The molecule has 1 heterocycles. The molecule has 0 saturated heterocycles. The van der Waals surface area contributed by atoms with Gasteiger partial charge < -0.3 is 19.5 Å². The molecule has 0 amide bonds. The predicted molar refractivity (Wildman–Crippen MR) is 107 cm³/mol. The topological polar surface area (TPSA) is 86.8 Å². The molecule has 7 nitrogen and oxygen atoms in total. The summed E-state index contributed by atoms with van der Waals surface area (Å²) in [7, 11) is 2.64. The molecule has 0 unspecified atom stereocenters. The average molecular weight is 422 g/mol. The molecule has 0 bridgehead atoms. The van der Waals surface area contributed by atoms with E-state index in [0.717, 1.165) is 0 Å². The van der Waals surface area contributed by atoms with Crippen LogP contribution in [0.5, 0.6) is 5.75 Å². The van der Waals surface area contributed by atoms with E-state index in [1.54, 1.807) is 32.9 Å². The molecule has 0 saturated carbocycles. The third-order valence-corrected chi connectivity index (χ3v) is 3.92. The van der Waals surface area contributed by atoms with Crippen LogP contribution in [0.25, 0.3) is 11.1 Å². The Kier molecular flexibility index (Phi) is 7.31. The Morgan fingerprint density at radius 2 is 1.77 bits per heavy atom. The number of alkyl halides is 2. The van der Waals surface area contributed by atoms with Crippen LogP contribution >= 0.6 is 0 Å². The van der Waals surface area contributed by atoms with Gasteiger partial charge in [-0.1, -0.05) is 12.1 Å². The Labute approximate surface area is 173 Å². The number of esters is 2. The molecule has 2 rings (SSSR count). The highest BCUT2D eigenvalue weighted by molar-refractivity contribution is 5.91. The molecule has 162 valence electrons. The van der Waals surface area contributed by atoms with Crippen LogP contribution in [0, 0.1) is 0 Å². The van der Waals surface area contributed by atoms with Gasteiger partial charge >= 0.3 is 11.9 Å². The summed E-state index contributed by atoms with van der Waals surface area (Å²) in [6.45, 7) is 4.77. The Morgan fingerprint density at radius 1 is 1.13 bits per heavy atom. The molecule has 30 heavy (non-hydrogen) atoms. The second-order valence-corrected chi connectivity index (χ2v) is 7.27. The van der Waals surface area contributed by atoms with E-state index in [1.165, 1.54) is 32.5 Å². The van der Waals surface area contributed by atoms with E-state index in [9.17, 15) is 18.4 Å². The second kappa shape index (κ2) is 9.51. The third kappa shape index (κ3) is 5.65. The first-order valence-electron chi connectivity index (χ1n) is 9.07. The van der Waals surface area contributed by atoms with Crippen LogP contribution in [0.3, 0.4) is 0 Å². The van der Waals surface area contributed by atoms with Crippen LogP contribution in [0.1, 0.15) is 43.2 Å². The maximum absolute atomic E-state index is 13.6. The zero-order valence-electron chi connectivity index (χ0n) is 17.4. The number of nitrogens with zero attached hydrogens (tertiary/aromatic N) is 1. The number of hydrogen-bond donors (Lipinski definition) is 1. The number of pyridine rings is 1. The van der Waals surface area contributed by atoms with Gasteiger partial charge in [0.05, 0.1) is 37.2 Å². The van der Waals surface area contributed by atoms with Crippen LogP contribution in [-0.4, -0.2) is 43.3 Å². The van der Waals surface area contributed by atoms with Gasteiger partial charge in [0.2, 0.25) is 0 Å². The summed E-state index contributed by atoms with van der Waals surface area (Å²) in [4.78, 5) is 27.5. The first-order valence-corrected chi connectivity index (χ1v) is 9.07. The number of hydrogen-bond acceptors (Lipinski definition) is 7. The number of benzene rings is 1. The van der Waals surface area contributed by atoms with Crippen molar-refractivity contribution >= 4 is 17.6 Å². The van der Waals surface area contributed by atoms with Crippen LogP contribution in [0.2, 0.25) is 0 Å². The molecule has 0 radical (unpaired) electrons. The fourth-order valence-corrected chi connectivity index (χ4v) is 2.72. The first kappa shape index (κ1) is 23.1. The molecule has 0 aliphatic heterocycles. The molecule has 0 fully saturated rings. The van der Waals surface area contributed by atoms with Gasteiger partial charge in [-0.15, -0.1) is 0 Å². The molecule has 2 aromatic rings. The summed E-state index contributed by atoms with van der Waals surface area (Å²) >= 11 is 0. The lowest BCUT2D eigenvalue weighted by molar-refractivity contribution is -0.152. The molecule has 0 atom stereocenters. The molecule has 0 spiro atoms. The van der Waals surface area contributed by atoms with E-state index in [1.807, 2.05) is 0 Å². The molecule has 0 aliphatic rings. The van der Waals surface area contributed by atoms with Crippen molar-refractivity contribution in [3.63, 3.8) is 0 Å². The Bertz CT molecular complexity index is 909. The van der Waals surface area contributed by atoms with E-state index < -0.39 is 29.7 Å². The standard InChI is InChI=1S/C21H24F2N2O5/c1-21(2,3)30-15(26)11-25-17-16(14(28-4)10-24-18(17)19(22)23)12-6-8-13(9-7-12)20(27)29-5/h6-10,19,25H,11H2,1-5H3. The number of carbonyl (C=O) groups is 2. The van der Waals surface area contributed by atoms with Gasteiger partial charge in [0, 0.05) is 0 Å². The lowest BCUT2D eigenvalue weighted by Crippen LogP contribution is -2.28. The number of halogens is 2. The number of rotatable bonds is 7. The highest BCUT2D eigenvalue weighted by Gasteiger charge is 2.24. The highest BCUT2D eigenvalue weighted by Crippen LogP contribution is 2.41. The Balaban J connectivity index is 2.50. The summed E-state index contributed by atoms with van der Waals surface area (Å²) in [5, 5.41) is 2.72. The van der Waals surface area contributed by atoms with Gasteiger partial charge in [0.1, 0.15) is 23.6 Å². The zero-order valence-corrected chi connectivity index (χ0v) is 17.4. The smallest absolute Gasteiger partial charge is 0.337 e. The third-order valence-electron chi connectivity index (χ3n) is 3.92. The minimum Gasteiger partial charge on any atom is -0.494 e. The SMILES string of the molecule is COC(=O)c1ccc(-c2c(OC)cnc(C(F)F)c2NCC(=O)OC(C)(C)C)cc1. The van der Waals surface area contributed by atoms with Gasteiger partial charge in [-0.3, -0.25) is 4.79 Å². The van der Waals surface area contributed by atoms with Crippen LogP contribution in [0.4, 0.5) is 14.5 Å². The largest absolute Gasteiger partial charge is 0.494 e. The number of ether oxygens (including phenoxy) is 3. The van der Waals surface area contributed by atoms with Crippen LogP contribution in [0.15, 0.2) is 30.5 Å². The highest BCUT2D eigenvalue weighted by atomic mass is 19.3. The molecular formula is C21H24F2N2O5. The normalized spacial score (nSPS) is 11.2. The number of methoxy groups -OCH3 is 2. The monoisotopic (exact) mass is 422 g/mol. The van der Waals surface area contributed by atoms with Crippen molar-refractivity contribution in [1.82, 2.24) is 4.98 Å². The number of nitrogens with one attached hydrogen (secondary N) is 1. The predicted octanol–water partition coefficient (Wildman–Crippen LogP) is 4.24. The van der Waals surface area contributed by atoms with Crippen molar-refractivity contribution < 1.29 is 32.6 Å². The maximum Gasteiger partial charge on any atom is 0.337 e. The molecule has 1 N–H and O–H groups in total. The van der Waals surface area contributed by atoms with Gasteiger partial charge in [-0.2, -0.15) is 0 Å². The van der Waals surface area contributed by atoms with Crippen LogP contribution < -0.4 is 10.1 Å². The molecule has 1 aromatic heterocycles. The minimum absolute atomic E-state index is 0.0546. The number of carbonyl (C=O) groups excluding carboxylic acids is 2. The van der Waals surface area contributed by atoms with Crippen molar-refractivity contribution in [2.45, 2.75) is 32.8 Å². The van der Waals surface area contributed by atoms with E-state index >= 15 is 0 Å². The van der Waals surface area contributed by atoms with Gasteiger partial charge in [0.15, 0.2) is 0 Å². The average Bonchev–Trinajstić information content (AvgIpc) is 2.69. The van der Waals surface area contributed by atoms with Crippen molar-refractivity contribution in [2.24, 2.45) is 0 Å². The van der Waals surface area contributed by atoms with Gasteiger partial charge in [-0.05, 0) is 38.5 Å². The van der Waals surface area contributed by atoms with Crippen molar-refractivity contribution in [1.29, 1.82) is 0 Å².